The molecule has 0 amide bonds. The van der Waals surface area contributed by atoms with E-state index in [1.807, 2.05) is 27.9 Å². The molecule has 0 rings (SSSR count). The van der Waals surface area contributed by atoms with Gasteiger partial charge in [-0.25, -0.2) is 0 Å². The molecule has 0 saturated heterocycles. The highest BCUT2D eigenvalue weighted by molar-refractivity contribution is 5.71. The van der Waals surface area contributed by atoms with Crippen LogP contribution in [0.5, 0.6) is 0 Å². The Kier molecular flexibility index (Phi) is 8.15. The molecule has 0 spiro atoms. The third kappa shape index (κ3) is 8.69. The molecule has 5 nitrogen and oxygen atoms in total. The zero-order valence-corrected chi connectivity index (χ0v) is 13.4. The van der Waals surface area contributed by atoms with E-state index in [-0.39, 0.29) is 17.9 Å². The van der Waals surface area contributed by atoms with E-state index in [1.165, 1.54) is 0 Å². The zero-order chi connectivity index (χ0) is 15.8. The van der Waals surface area contributed by atoms with Crippen LogP contribution in [0, 0.1) is 5.92 Å². The van der Waals surface area contributed by atoms with Gasteiger partial charge in [0.05, 0.1) is 38.7 Å². The van der Waals surface area contributed by atoms with E-state index >= 15 is 0 Å². The number of nitrogens with zero attached hydrogens (tertiary/aromatic N) is 1. The van der Waals surface area contributed by atoms with Crippen molar-refractivity contribution in [3.05, 3.63) is 12.3 Å². The van der Waals surface area contributed by atoms with Crippen molar-refractivity contribution in [2.75, 3.05) is 33.8 Å². The summed E-state index contributed by atoms with van der Waals surface area (Å²) in [6.45, 7) is 10.7. The Morgan fingerprint density at radius 1 is 1.25 bits per heavy atom. The minimum absolute atomic E-state index is 0.0591. The quantitative estimate of drug-likeness (QED) is 0.370. The lowest BCUT2D eigenvalue weighted by Gasteiger charge is -2.29. The molecule has 5 heteroatoms. The van der Waals surface area contributed by atoms with Gasteiger partial charge in [-0.1, -0.05) is 20.4 Å². The van der Waals surface area contributed by atoms with Gasteiger partial charge in [0.15, 0.2) is 0 Å². The molecule has 0 N–H and O–H groups in total. The number of esters is 2. The second kappa shape index (κ2) is 8.74. The summed E-state index contributed by atoms with van der Waals surface area (Å²) in [5, 5.41) is 0. The minimum atomic E-state index is -0.278. The molecular weight excluding hydrogens is 258 g/mol. The predicted molar refractivity (Wildman–Crippen MR) is 77.8 cm³/mol. The van der Waals surface area contributed by atoms with Gasteiger partial charge in [0.25, 0.3) is 0 Å². The number of rotatable bonds is 9. The molecule has 0 aromatic heterocycles. The van der Waals surface area contributed by atoms with E-state index in [4.69, 9.17) is 9.47 Å². The highest BCUT2D eigenvalue weighted by Gasteiger charge is 2.19. The Hall–Kier alpha value is -1.36. The van der Waals surface area contributed by atoms with Crippen molar-refractivity contribution in [2.24, 2.45) is 5.92 Å². The lowest BCUT2D eigenvalue weighted by atomic mass is 10.1. The average molecular weight is 286 g/mol. The molecule has 0 aromatic carbocycles. The number of allylic oxidation sites excluding steroid dienone is 1. The Labute approximate surface area is 122 Å². The minimum Gasteiger partial charge on any atom is -0.459 e. The Balaban J connectivity index is 3.98. The van der Waals surface area contributed by atoms with Gasteiger partial charge in [-0.3, -0.25) is 9.59 Å². The molecule has 0 bridgehead atoms. The Bertz CT molecular complexity index is 350. The molecular formula is C15H28NO4+. The SMILES string of the molecule is C=C(C)OC(=O)CC[N+](C)(C)CCOC(=O)C(C)CC. The standard InChI is InChI=1S/C15H28NO4/c1-7-13(4)15(18)19-11-10-16(5,6)9-8-14(17)20-12(2)3/h13H,2,7-11H2,1,3-6H3/q+1. The van der Waals surface area contributed by atoms with Crippen LogP contribution in [0.2, 0.25) is 0 Å². The molecule has 0 aliphatic carbocycles. The largest absolute Gasteiger partial charge is 0.459 e. The van der Waals surface area contributed by atoms with Crippen LogP contribution in [0.3, 0.4) is 0 Å². The number of quaternary nitrogens is 1. The van der Waals surface area contributed by atoms with Crippen LogP contribution < -0.4 is 0 Å². The number of ether oxygens (including phenoxy) is 2. The van der Waals surface area contributed by atoms with E-state index in [1.54, 1.807) is 6.92 Å². The van der Waals surface area contributed by atoms with Gasteiger partial charge in [0, 0.05) is 0 Å². The van der Waals surface area contributed by atoms with Crippen molar-refractivity contribution >= 4 is 11.9 Å². The number of carbonyl (C=O) groups is 2. The molecule has 1 atom stereocenters. The van der Waals surface area contributed by atoms with Crippen LogP contribution in [0.1, 0.15) is 33.6 Å². The van der Waals surface area contributed by atoms with E-state index in [0.29, 0.717) is 36.4 Å². The molecule has 0 aliphatic rings. The monoisotopic (exact) mass is 286 g/mol. The first-order chi connectivity index (χ1) is 9.18. The third-order valence-corrected chi connectivity index (χ3v) is 3.16. The Morgan fingerprint density at radius 3 is 2.35 bits per heavy atom. The lowest BCUT2D eigenvalue weighted by Crippen LogP contribution is -2.44. The van der Waals surface area contributed by atoms with Gasteiger partial charge >= 0.3 is 11.9 Å². The summed E-state index contributed by atoms with van der Waals surface area (Å²) in [7, 11) is 3.98. The molecule has 20 heavy (non-hydrogen) atoms. The van der Waals surface area contributed by atoms with Crippen molar-refractivity contribution in [3.8, 4) is 0 Å². The topological polar surface area (TPSA) is 52.6 Å². The lowest BCUT2D eigenvalue weighted by molar-refractivity contribution is -0.889. The summed E-state index contributed by atoms with van der Waals surface area (Å²) in [6.07, 6.45) is 1.10. The normalized spacial score (nSPS) is 12.7. The first kappa shape index (κ1) is 18.6. The van der Waals surface area contributed by atoms with Crippen molar-refractivity contribution < 1.29 is 23.5 Å². The van der Waals surface area contributed by atoms with Gasteiger partial charge in [0.1, 0.15) is 13.2 Å². The van der Waals surface area contributed by atoms with E-state index in [0.717, 1.165) is 6.42 Å². The number of hydrogen-bond acceptors (Lipinski definition) is 4. The first-order valence-corrected chi connectivity index (χ1v) is 7.02. The predicted octanol–water partition coefficient (Wildman–Crippen LogP) is 2.12. The molecule has 0 fully saturated rings. The van der Waals surface area contributed by atoms with Crippen LogP contribution >= 0.6 is 0 Å². The van der Waals surface area contributed by atoms with Crippen LogP contribution in [0.4, 0.5) is 0 Å². The maximum absolute atomic E-state index is 11.5. The summed E-state index contributed by atoms with van der Waals surface area (Å²) in [4.78, 5) is 23.0. The Morgan fingerprint density at radius 2 is 1.85 bits per heavy atom. The van der Waals surface area contributed by atoms with E-state index < -0.39 is 0 Å². The molecule has 0 aromatic rings. The summed E-state index contributed by atoms with van der Waals surface area (Å²) < 4.78 is 10.7. The summed E-state index contributed by atoms with van der Waals surface area (Å²) >= 11 is 0. The second-order valence-electron chi connectivity index (χ2n) is 5.79. The van der Waals surface area contributed by atoms with Crippen molar-refractivity contribution in [2.45, 2.75) is 33.6 Å². The summed E-state index contributed by atoms with van der Waals surface area (Å²) in [5.41, 5.74) is 0. The number of carbonyl (C=O) groups excluding carboxylic acids is 2. The highest BCUT2D eigenvalue weighted by Crippen LogP contribution is 2.05. The maximum Gasteiger partial charge on any atom is 0.316 e. The molecule has 116 valence electrons. The van der Waals surface area contributed by atoms with E-state index in [2.05, 4.69) is 6.58 Å². The van der Waals surface area contributed by atoms with Crippen LogP contribution in [0.25, 0.3) is 0 Å². The zero-order valence-electron chi connectivity index (χ0n) is 13.4. The van der Waals surface area contributed by atoms with Crippen molar-refractivity contribution in [3.63, 3.8) is 0 Å². The molecule has 0 saturated carbocycles. The van der Waals surface area contributed by atoms with Crippen molar-refractivity contribution in [1.29, 1.82) is 0 Å². The van der Waals surface area contributed by atoms with Gasteiger partial charge in [-0.15, -0.1) is 0 Å². The fourth-order valence-corrected chi connectivity index (χ4v) is 1.45. The maximum atomic E-state index is 11.5. The van der Waals surface area contributed by atoms with E-state index in [9.17, 15) is 9.59 Å². The first-order valence-electron chi connectivity index (χ1n) is 7.02. The summed E-state index contributed by atoms with van der Waals surface area (Å²) in [5.74, 6) is -0.0894. The molecule has 0 aliphatic heterocycles. The smallest absolute Gasteiger partial charge is 0.316 e. The molecule has 0 radical (unpaired) electrons. The van der Waals surface area contributed by atoms with Crippen LogP contribution in [0.15, 0.2) is 12.3 Å². The van der Waals surface area contributed by atoms with Crippen LogP contribution in [-0.4, -0.2) is 50.2 Å². The fourth-order valence-electron chi connectivity index (χ4n) is 1.45. The fraction of sp³-hybridized carbons (Fsp3) is 0.733. The van der Waals surface area contributed by atoms with Gasteiger partial charge < -0.3 is 14.0 Å². The average Bonchev–Trinajstić information content (AvgIpc) is 2.34. The van der Waals surface area contributed by atoms with Gasteiger partial charge in [-0.2, -0.15) is 0 Å². The van der Waals surface area contributed by atoms with Gasteiger partial charge in [-0.05, 0) is 13.3 Å². The highest BCUT2D eigenvalue weighted by atomic mass is 16.5. The van der Waals surface area contributed by atoms with Crippen molar-refractivity contribution in [1.82, 2.24) is 0 Å². The molecule has 1 unspecified atom stereocenters. The van der Waals surface area contributed by atoms with Gasteiger partial charge in [0.2, 0.25) is 0 Å². The molecule has 0 heterocycles. The second-order valence-corrected chi connectivity index (χ2v) is 5.79. The number of hydrogen-bond donors (Lipinski definition) is 0. The number of likely N-dealkylation sites (N-methyl/N-ethyl adjacent to an activating group) is 1. The van der Waals surface area contributed by atoms with Crippen LogP contribution in [-0.2, 0) is 19.1 Å². The summed E-state index contributed by atoms with van der Waals surface area (Å²) in [6, 6.07) is 0. The third-order valence-electron chi connectivity index (χ3n) is 3.16.